The van der Waals surface area contributed by atoms with E-state index in [1.165, 1.54) is 0 Å². The van der Waals surface area contributed by atoms with Gasteiger partial charge in [0, 0.05) is 30.7 Å². The van der Waals surface area contributed by atoms with Crippen molar-refractivity contribution < 1.29 is 4.79 Å². The van der Waals surface area contributed by atoms with E-state index in [1.807, 2.05) is 25.8 Å². The van der Waals surface area contributed by atoms with Gasteiger partial charge in [0.25, 0.3) is 5.91 Å². The van der Waals surface area contributed by atoms with Crippen LogP contribution in [0.4, 0.5) is 0 Å². The van der Waals surface area contributed by atoms with Crippen LogP contribution < -0.4 is 0 Å². The monoisotopic (exact) mass is 327 g/mol. The molecule has 1 atom stereocenters. The normalized spacial score (nSPS) is 18.7. The molecule has 1 aromatic rings. The summed E-state index contributed by atoms with van der Waals surface area (Å²) in [5, 5.41) is 4.33. The summed E-state index contributed by atoms with van der Waals surface area (Å²) in [5.41, 5.74) is 2.58. The summed E-state index contributed by atoms with van der Waals surface area (Å²) in [6.45, 7) is 7.77. The minimum Gasteiger partial charge on any atom is -0.339 e. The lowest BCUT2D eigenvalue weighted by Crippen LogP contribution is -2.40. The Morgan fingerprint density at radius 1 is 1.37 bits per heavy atom. The maximum Gasteiger partial charge on any atom is 0.257 e. The molecule has 1 aliphatic rings. The fraction of sp³-hybridized carbons (Fsp3) is 0.714. The quantitative estimate of drug-likeness (QED) is 0.783. The van der Waals surface area contributed by atoms with E-state index in [1.54, 1.807) is 4.68 Å². The largest absolute Gasteiger partial charge is 0.339 e. The van der Waals surface area contributed by atoms with Crippen LogP contribution in [0.5, 0.6) is 0 Å². The van der Waals surface area contributed by atoms with Gasteiger partial charge in [-0.15, -0.1) is 0 Å². The minimum absolute atomic E-state index is 0.142. The highest BCUT2D eigenvalue weighted by atomic mass is 79.9. The van der Waals surface area contributed by atoms with Gasteiger partial charge in [-0.1, -0.05) is 22.9 Å². The number of aryl methyl sites for hydroxylation is 2. The molecule has 0 radical (unpaired) electrons. The molecule has 0 bridgehead atoms. The Labute approximate surface area is 123 Å². The Morgan fingerprint density at radius 3 is 2.37 bits per heavy atom. The van der Waals surface area contributed by atoms with Gasteiger partial charge in [0.2, 0.25) is 0 Å². The Balaban J connectivity index is 2.10. The number of amides is 1. The van der Waals surface area contributed by atoms with Crippen LogP contribution in [0.15, 0.2) is 0 Å². The predicted molar refractivity (Wildman–Crippen MR) is 79.7 cm³/mol. The molecule has 2 heterocycles. The van der Waals surface area contributed by atoms with E-state index in [4.69, 9.17) is 0 Å². The number of hydrogen-bond acceptors (Lipinski definition) is 2. The fourth-order valence-electron chi connectivity index (χ4n) is 2.80. The molecule has 0 spiro atoms. The van der Waals surface area contributed by atoms with E-state index >= 15 is 0 Å². The van der Waals surface area contributed by atoms with E-state index in [2.05, 4.69) is 28.0 Å². The van der Waals surface area contributed by atoms with Gasteiger partial charge in [-0.2, -0.15) is 5.10 Å². The smallest absolute Gasteiger partial charge is 0.257 e. The lowest BCUT2D eigenvalue weighted by Gasteiger charge is -2.33. The van der Waals surface area contributed by atoms with Crippen LogP contribution in [0.3, 0.4) is 0 Å². The molecule has 1 saturated heterocycles. The highest BCUT2D eigenvalue weighted by Gasteiger charge is 2.28. The van der Waals surface area contributed by atoms with Gasteiger partial charge in [-0.3, -0.25) is 9.48 Å². The van der Waals surface area contributed by atoms with Gasteiger partial charge >= 0.3 is 0 Å². The van der Waals surface area contributed by atoms with Crippen molar-refractivity contribution in [2.24, 2.45) is 13.0 Å². The first-order chi connectivity index (χ1) is 8.91. The summed E-state index contributed by atoms with van der Waals surface area (Å²) < 4.78 is 1.79. The van der Waals surface area contributed by atoms with Gasteiger partial charge in [-0.05, 0) is 32.6 Å². The van der Waals surface area contributed by atoms with E-state index in [0.29, 0.717) is 10.7 Å². The second-order valence-electron chi connectivity index (χ2n) is 5.48. The molecule has 0 saturated carbocycles. The Bertz CT molecular complexity index is 473. The fourth-order valence-corrected chi connectivity index (χ4v) is 3.33. The molecule has 4 nitrogen and oxygen atoms in total. The molecule has 0 aromatic carbocycles. The third-order valence-corrected chi connectivity index (χ3v) is 4.95. The van der Waals surface area contributed by atoms with E-state index in [9.17, 15) is 4.79 Å². The molecule has 1 aromatic heterocycles. The summed E-state index contributed by atoms with van der Waals surface area (Å²) >= 11 is 3.65. The first-order valence-electron chi connectivity index (χ1n) is 6.85. The van der Waals surface area contributed by atoms with Gasteiger partial charge in [0.05, 0.1) is 11.3 Å². The number of piperidine rings is 1. The summed E-state index contributed by atoms with van der Waals surface area (Å²) in [6.07, 6.45) is 2.16. The lowest BCUT2D eigenvalue weighted by atomic mass is 9.94. The lowest BCUT2D eigenvalue weighted by molar-refractivity contribution is 0.0690. The first kappa shape index (κ1) is 14.6. The third kappa shape index (κ3) is 2.86. The minimum atomic E-state index is 0.142. The topological polar surface area (TPSA) is 38.1 Å². The van der Waals surface area contributed by atoms with E-state index < -0.39 is 0 Å². The van der Waals surface area contributed by atoms with E-state index in [-0.39, 0.29) is 5.91 Å². The molecule has 2 rings (SSSR count). The van der Waals surface area contributed by atoms with Gasteiger partial charge in [0.1, 0.15) is 0 Å². The number of nitrogens with zero attached hydrogens (tertiary/aromatic N) is 3. The van der Waals surface area contributed by atoms with Crippen molar-refractivity contribution >= 4 is 21.8 Å². The molecular weight excluding hydrogens is 306 g/mol. The number of rotatable bonds is 2. The molecule has 0 aliphatic carbocycles. The number of carbonyl (C=O) groups excluding carboxylic acids is 1. The Hall–Kier alpha value is -0.840. The molecule has 1 aliphatic heterocycles. The number of carbonyl (C=O) groups is 1. The van der Waals surface area contributed by atoms with Gasteiger partial charge < -0.3 is 4.90 Å². The maximum absolute atomic E-state index is 12.6. The van der Waals surface area contributed by atoms with Gasteiger partial charge in [-0.25, -0.2) is 0 Å². The first-order valence-corrected chi connectivity index (χ1v) is 7.77. The van der Waals surface area contributed by atoms with Crippen molar-refractivity contribution in [1.29, 1.82) is 0 Å². The highest BCUT2D eigenvalue weighted by Crippen LogP contribution is 2.26. The molecule has 5 heteroatoms. The number of aromatic nitrogens is 2. The van der Waals surface area contributed by atoms with Crippen LogP contribution in [0, 0.1) is 19.8 Å². The molecule has 1 fully saturated rings. The summed E-state index contributed by atoms with van der Waals surface area (Å²) in [4.78, 5) is 15.1. The summed E-state index contributed by atoms with van der Waals surface area (Å²) in [6, 6.07) is 0. The van der Waals surface area contributed by atoms with Crippen LogP contribution in [0.2, 0.25) is 0 Å². The van der Waals surface area contributed by atoms with Crippen molar-refractivity contribution in [2.45, 2.75) is 38.4 Å². The Kier molecular flexibility index (Phi) is 4.33. The van der Waals surface area contributed by atoms with Crippen LogP contribution in [-0.4, -0.2) is 38.5 Å². The second-order valence-corrected chi connectivity index (χ2v) is 6.92. The maximum atomic E-state index is 12.6. The van der Waals surface area contributed by atoms with E-state index in [0.717, 1.165) is 42.9 Å². The van der Waals surface area contributed by atoms with Gasteiger partial charge in [0.15, 0.2) is 0 Å². The zero-order chi connectivity index (χ0) is 14.2. The molecule has 1 amide bonds. The standard InChI is InChI=1S/C14H22BrN3O/c1-9(15)12-5-7-18(8-6-12)14(19)13-10(2)16-17(4)11(13)3/h9,12H,5-8H2,1-4H3. The zero-order valence-electron chi connectivity index (χ0n) is 12.1. The SMILES string of the molecule is Cc1nn(C)c(C)c1C(=O)N1CCC(C(C)Br)CC1. The number of alkyl halides is 1. The van der Waals surface area contributed by atoms with Crippen molar-refractivity contribution in [1.82, 2.24) is 14.7 Å². The van der Waals surface area contributed by atoms with Crippen LogP contribution in [0.1, 0.15) is 41.5 Å². The molecule has 0 N–H and O–H groups in total. The number of halogens is 1. The number of likely N-dealkylation sites (tertiary alicyclic amines) is 1. The van der Waals surface area contributed by atoms with Crippen molar-refractivity contribution in [2.75, 3.05) is 13.1 Å². The second kappa shape index (κ2) is 5.65. The molecule has 1 unspecified atom stereocenters. The number of hydrogen-bond donors (Lipinski definition) is 0. The summed E-state index contributed by atoms with van der Waals surface area (Å²) in [7, 11) is 1.89. The zero-order valence-corrected chi connectivity index (χ0v) is 13.7. The Morgan fingerprint density at radius 2 is 1.95 bits per heavy atom. The average molecular weight is 328 g/mol. The molecular formula is C14H22BrN3O. The molecule has 19 heavy (non-hydrogen) atoms. The predicted octanol–water partition coefficient (Wildman–Crippen LogP) is 2.67. The van der Waals surface area contributed by atoms with Crippen LogP contribution >= 0.6 is 15.9 Å². The van der Waals surface area contributed by atoms with Crippen LogP contribution in [0.25, 0.3) is 0 Å². The van der Waals surface area contributed by atoms with Crippen molar-refractivity contribution in [3.63, 3.8) is 0 Å². The highest BCUT2D eigenvalue weighted by molar-refractivity contribution is 9.09. The molecule has 106 valence electrons. The van der Waals surface area contributed by atoms with Crippen LogP contribution in [-0.2, 0) is 7.05 Å². The third-order valence-electron chi connectivity index (χ3n) is 4.20. The van der Waals surface area contributed by atoms with Crippen molar-refractivity contribution in [3.05, 3.63) is 17.0 Å². The van der Waals surface area contributed by atoms with Crippen molar-refractivity contribution in [3.8, 4) is 0 Å². The summed E-state index contributed by atoms with van der Waals surface area (Å²) in [5.74, 6) is 0.823. The average Bonchev–Trinajstić information content (AvgIpc) is 2.62.